The standard InChI is InChI=1S/C13H18ClN7/c1-13(2)6-4-3-5-9(13)17-11-18-10(14)19-12(20-11)21-8-15-7-16-21/h7-9H,3-6H2,1-2H3,(H,17,18,19,20). The highest BCUT2D eigenvalue weighted by atomic mass is 35.5. The first kappa shape index (κ1) is 14.2. The van der Waals surface area contributed by atoms with E-state index in [4.69, 9.17) is 11.6 Å². The summed E-state index contributed by atoms with van der Waals surface area (Å²) in [5.41, 5.74) is 0.213. The Morgan fingerprint density at radius 1 is 1.29 bits per heavy atom. The Labute approximate surface area is 128 Å². The molecule has 0 aliphatic heterocycles. The Kier molecular flexibility index (Phi) is 3.75. The number of aromatic nitrogens is 6. The monoisotopic (exact) mass is 307 g/mol. The Morgan fingerprint density at radius 2 is 2.14 bits per heavy atom. The van der Waals surface area contributed by atoms with Crippen LogP contribution >= 0.6 is 11.6 Å². The van der Waals surface area contributed by atoms with Gasteiger partial charge in [-0.1, -0.05) is 26.7 Å². The van der Waals surface area contributed by atoms with Gasteiger partial charge in [-0.2, -0.15) is 24.7 Å². The van der Waals surface area contributed by atoms with Crippen LogP contribution in [-0.2, 0) is 0 Å². The Balaban J connectivity index is 1.85. The average molecular weight is 308 g/mol. The topological polar surface area (TPSA) is 81.4 Å². The van der Waals surface area contributed by atoms with Crippen LogP contribution in [0.3, 0.4) is 0 Å². The molecule has 0 spiro atoms. The third-order valence-electron chi connectivity index (χ3n) is 4.03. The number of hydrogen-bond donors (Lipinski definition) is 1. The molecule has 2 heterocycles. The van der Waals surface area contributed by atoms with E-state index in [-0.39, 0.29) is 10.7 Å². The number of halogens is 1. The summed E-state index contributed by atoms with van der Waals surface area (Å²) in [4.78, 5) is 16.5. The minimum absolute atomic E-state index is 0.145. The lowest BCUT2D eigenvalue weighted by atomic mass is 9.73. The van der Waals surface area contributed by atoms with Gasteiger partial charge >= 0.3 is 0 Å². The second kappa shape index (κ2) is 5.55. The SMILES string of the molecule is CC1(C)CCCCC1Nc1nc(Cl)nc(-n2cncn2)n1. The molecule has 1 saturated carbocycles. The highest BCUT2D eigenvalue weighted by Gasteiger charge is 2.32. The van der Waals surface area contributed by atoms with E-state index < -0.39 is 0 Å². The van der Waals surface area contributed by atoms with Crippen LogP contribution in [0, 0.1) is 5.41 Å². The first-order valence-corrected chi connectivity index (χ1v) is 7.45. The van der Waals surface area contributed by atoms with Gasteiger partial charge in [0.05, 0.1) is 0 Å². The largest absolute Gasteiger partial charge is 0.351 e. The summed E-state index contributed by atoms with van der Waals surface area (Å²) in [6.07, 6.45) is 7.74. The lowest BCUT2D eigenvalue weighted by molar-refractivity contribution is 0.216. The van der Waals surface area contributed by atoms with Crippen LogP contribution in [0.5, 0.6) is 0 Å². The maximum atomic E-state index is 5.99. The van der Waals surface area contributed by atoms with Gasteiger partial charge in [-0.05, 0) is 29.9 Å². The van der Waals surface area contributed by atoms with Gasteiger partial charge in [0.25, 0.3) is 5.95 Å². The van der Waals surface area contributed by atoms with Crippen molar-refractivity contribution in [1.29, 1.82) is 0 Å². The highest BCUT2D eigenvalue weighted by molar-refractivity contribution is 6.28. The Hall–Kier alpha value is -1.76. The number of anilines is 1. The molecule has 21 heavy (non-hydrogen) atoms. The van der Waals surface area contributed by atoms with Gasteiger partial charge in [-0.15, -0.1) is 0 Å². The number of rotatable bonds is 3. The maximum absolute atomic E-state index is 5.99. The summed E-state index contributed by atoms with van der Waals surface area (Å²) < 4.78 is 1.46. The van der Waals surface area contributed by atoms with E-state index in [1.807, 2.05) is 0 Å². The first-order valence-electron chi connectivity index (χ1n) is 7.08. The van der Waals surface area contributed by atoms with Gasteiger partial charge in [0, 0.05) is 6.04 Å². The predicted molar refractivity (Wildman–Crippen MR) is 79.4 cm³/mol. The van der Waals surface area contributed by atoms with Crippen LogP contribution in [0.2, 0.25) is 5.28 Å². The zero-order valence-corrected chi connectivity index (χ0v) is 12.9. The third-order valence-corrected chi connectivity index (χ3v) is 4.20. The van der Waals surface area contributed by atoms with Crippen molar-refractivity contribution in [3.63, 3.8) is 0 Å². The Morgan fingerprint density at radius 3 is 2.86 bits per heavy atom. The molecule has 2 aromatic rings. The lowest BCUT2D eigenvalue weighted by Gasteiger charge is -2.39. The molecule has 3 rings (SSSR count). The van der Waals surface area contributed by atoms with E-state index in [1.165, 1.54) is 36.6 Å². The van der Waals surface area contributed by atoms with Crippen LogP contribution in [0.15, 0.2) is 12.7 Å². The zero-order chi connectivity index (χ0) is 14.9. The molecule has 7 nitrogen and oxygen atoms in total. The molecular formula is C13H18ClN7. The van der Waals surface area contributed by atoms with Crippen LogP contribution in [-0.4, -0.2) is 35.8 Å². The number of nitrogens with one attached hydrogen (secondary N) is 1. The lowest BCUT2D eigenvalue weighted by Crippen LogP contribution is -2.39. The van der Waals surface area contributed by atoms with Gasteiger partial charge < -0.3 is 5.32 Å². The molecule has 0 saturated heterocycles. The second-order valence-corrected chi connectivity index (χ2v) is 6.34. The second-order valence-electron chi connectivity index (χ2n) is 6.00. The first-order chi connectivity index (χ1) is 10.0. The van der Waals surface area contributed by atoms with Crippen LogP contribution in [0.25, 0.3) is 5.95 Å². The van der Waals surface area contributed by atoms with E-state index in [0.29, 0.717) is 17.9 Å². The van der Waals surface area contributed by atoms with E-state index in [9.17, 15) is 0 Å². The molecule has 2 aromatic heterocycles. The number of hydrogen-bond acceptors (Lipinski definition) is 6. The van der Waals surface area contributed by atoms with Crippen LogP contribution < -0.4 is 5.32 Å². The van der Waals surface area contributed by atoms with Crippen molar-refractivity contribution in [2.24, 2.45) is 5.41 Å². The fourth-order valence-corrected chi connectivity index (χ4v) is 2.89. The fraction of sp³-hybridized carbons (Fsp3) is 0.615. The quantitative estimate of drug-likeness (QED) is 0.938. The minimum atomic E-state index is 0.145. The molecule has 1 aliphatic rings. The molecule has 112 valence electrons. The van der Waals surface area contributed by atoms with Crippen molar-refractivity contribution >= 4 is 17.5 Å². The highest BCUT2D eigenvalue weighted by Crippen LogP contribution is 2.36. The van der Waals surface area contributed by atoms with Crippen LogP contribution in [0.4, 0.5) is 5.95 Å². The Bertz CT molecular complexity index is 611. The third kappa shape index (κ3) is 3.12. The van der Waals surface area contributed by atoms with E-state index in [1.54, 1.807) is 0 Å². The predicted octanol–water partition coefficient (Wildman–Crippen LogP) is 2.49. The van der Waals surface area contributed by atoms with Gasteiger partial charge in [0.15, 0.2) is 0 Å². The average Bonchev–Trinajstić information content (AvgIpc) is 2.94. The molecular weight excluding hydrogens is 290 g/mol. The van der Waals surface area contributed by atoms with Crippen molar-refractivity contribution in [1.82, 2.24) is 29.7 Å². The molecule has 1 N–H and O–H groups in total. The summed E-state index contributed by atoms with van der Waals surface area (Å²) in [5, 5.41) is 7.56. The molecule has 1 aliphatic carbocycles. The molecule has 0 aromatic carbocycles. The van der Waals surface area contributed by atoms with Crippen molar-refractivity contribution in [3.05, 3.63) is 17.9 Å². The van der Waals surface area contributed by atoms with Crippen molar-refractivity contribution in [2.75, 3.05) is 5.32 Å². The normalized spacial score (nSPS) is 21.2. The molecule has 0 amide bonds. The minimum Gasteiger partial charge on any atom is -0.351 e. The van der Waals surface area contributed by atoms with E-state index in [0.717, 1.165) is 6.42 Å². The molecule has 0 radical (unpaired) electrons. The van der Waals surface area contributed by atoms with Gasteiger partial charge in [0.1, 0.15) is 12.7 Å². The molecule has 8 heteroatoms. The maximum Gasteiger partial charge on any atom is 0.258 e. The molecule has 1 unspecified atom stereocenters. The van der Waals surface area contributed by atoms with Crippen molar-refractivity contribution < 1.29 is 0 Å². The zero-order valence-electron chi connectivity index (χ0n) is 12.1. The smallest absolute Gasteiger partial charge is 0.258 e. The molecule has 0 bridgehead atoms. The molecule has 1 fully saturated rings. The van der Waals surface area contributed by atoms with Crippen molar-refractivity contribution in [3.8, 4) is 5.95 Å². The molecule has 1 atom stereocenters. The van der Waals surface area contributed by atoms with Crippen LogP contribution in [0.1, 0.15) is 39.5 Å². The fourth-order valence-electron chi connectivity index (χ4n) is 2.74. The number of nitrogens with zero attached hydrogens (tertiary/aromatic N) is 6. The van der Waals surface area contributed by atoms with E-state index in [2.05, 4.69) is 44.2 Å². The summed E-state index contributed by atoms with van der Waals surface area (Å²) >= 11 is 5.99. The summed E-state index contributed by atoms with van der Waals surface area (Å²) in [5.74, 6) is 0.851. The van der Waals surface area contributed by atoms with Gasteiger partial charge in [-0.25, -0.2) is 4.98 Å². The summed E-state index contributed by atoms with van der Waals surface area (Å²) in [6.45, 7) is 4.54. The van der Waals surface area contributed by atoms with Gasteiger partial charge in [-0.3, -0.25) is 0 Å². The summed E-state index contributed by atoms with van der Waals surface area (Å²) in [6, 6.07) is 0.327. The van der Waals surface area contributed by atoms with Crippen molar-refractivity contribution in [2.45, 2.75) is 45.6 Å². The summed E-state index contributed by atoms with van der Waals surface area (Å²) in [7, 11) is 0. The van der Waals surface area contributed by atoms with E-state index >= 15 is 0 Å². The van der Waals surface area contributed by atoms with Gasteiger partial charge in [0.2, 0.25) is 11.2 Å².